The number of carbonyl (C=O) groups is 1. The first-order valence-corrected chi connectivity index (χ1v) is 8.19. The first-order valence-electron chi connectivity index (χ1n) is 7.40. The van der Waals surface area contributed by atoms with Crippen molar-refractivity contribution in [3.8, 4) is 22.9 Å². The average Bonchev–Trinajstić information content (AvgIpc) is 2.55. The van der Waals surface area contributed by atoms with Crippen LogP contribution in [-0.4, -0.2) is 12.0 Å². The van der Waals surface area contributed by atoms with Crippen molar-refractivity contribution in [2.45, 2.75) is 26.9 Å². The molecule has 124 valence electrons. The third kappa shape index (κ3) is 3.58. The maximum absolute atomic E-state index is 11.9. The zero-order chi connectivity index (χ0) is 17.9. The number of hydrazine groups is 1. The molecule has 0 aliphatic rings. The molecule has 0 heterocycles. The number of ether oxygens (including phenoxy) is 1. The summed E-state index contributed by atoms with van der Waals surface area (Å²) in [7, 11) is 0. The van der Waals surface area contributed by atoms with Crippen molar-refractivity contribution < 1.29 is 9.53 Å². The fraction of sp³-hybridized carbons (Fsp3) is 0.222. The highest BCUT2D eigenvalue weighted by Gasteiger charge is 2.16. The van der Waals surface area contributed by atoms with E-state index >= 15 is 0 Å². The molecule has 3 N–H and O–H groups in total. The number of amides is 1. The molecular weight excluding hydrogens is 370 g/mol. The molecule has 0 aliphatic heterocycles. The number of nitrogens with zero attached hydrogens (tertiary/aromatic N) is 1. The molecule has 0 bridgehead atoms. The molecule has 0 atom stereocenters. The van der Waals surface area contributed by atoms with E-state index in [-0.39, 0.29) is 12.0 Å². The molecule has 0 saturated heterocycles. The van der Waals surface area contributed by atoms with Crippen molar-refractivity contribution in [1.82, 2.24) is 5.43 Å². The fourth-order valence-electron chi connectivity index (χ4n) is 2.49. The van der Waals surface area contributed by atoms with Gasteiger partial charge < -0.3 is 4.74 Å². The molecule has 5 nitrogen and oxygen atoms in total. The Bertz CT molecular complexity index is 826. The van der Waals surface area contributed by atoms with Gasteiger partial charge >= 0.3 is 0 Å². The lowest BCUT2D eigenvalue weighted by Gasteiger charge is -2.15. The smallest absolute Gasteiger partial charge is 0.265 e. The number of nitrogens with two attached hydrogens (primary N) is 1. The number of rotatable bonds is 4. The molecule has 0 spiro atoms. The van der Waals surface area contributed by atoms with Crippen molar-refractivity contribution in [3.05, 3.63) is 51.5 Å². The van der Waals surface area contributed by atoms with Crippen molar-refractivity contribution in [1.29, 1.82) is 5.26 Å². The number of nitriles is 1. The zero-order valence-corrected chi connectivity index (χ0v) is 15.3. The molecule has 2 aromatic carbocycles. The minimum Gasteiger partial charge on any atom is -0.490 e. The third-order valence-electron chi connectivity index (χ3n) is 3.54. The molecule has 2 aromatic rings. The fourth-order valence-corrected chi connectivity index (χ4v) is 3.14. The Morgan fingerprint density at radius 1 is 1.33 bits per heavy atom. The molecule has 0 fully saturated rings. The average molecular weight is 388 g/mol. The summed E-state index contributed by atoms with van der Waals surface area (Å²) in [5.74, 6) is 5.42. The predicted octanol–water partition coefficient (Wildman–Crippen LogP) is 3.69. The van der Waals surface area contributed by atoms with Gasteiger partial charge in [-0.15, -0.1) is 0 Å². The minimum atomic E-state index is -0.360. The van der Waals surface area contributed by atoms with Crippen LogP contribution in [0.2, 0.25) is 0 Å². The molecule has 0 aliphatic carbocycles. The maximum atomic E-state index is 11.9. The highest BCUT2D eigenvalue weighted by atomic mass is 79.9. The van der Waals surface area contributed by atoms with E-state index in [1.54, 1.807) is 24.3 Å². The largest absolute Gasteiger partial charge is 0.490 e. The first kappa shape index (κ1) is 18.0. The lowest BCUT2D eigenvalue weighted by atomic mass is 9.95. The topological polar surface area (TPSA) is 88.1 Å². The number of benzene rings is 2. The molecule has 1 amide bonds. The number of nitrogens with one attached hydrogen (secondary N) is 1. The first-order chi connectivity index (χ1) is 11.4. The van der Waals surface area contributed by atoms with Crippen LogP contribution in [0.5, 0.6) is 5.75 Å². The van der Waals surface area contributed by atoms with E-state index in [1.165, 1.54) is 0 Å². The van der Waals surface area contributed by atoms with Crippen LogP contribution in [0.25, 0.3) is 11.1 Å². The molecule has 0 unspecified atom stereocenters. The van der Waals surface area contributed by atoms with Crippen LogP contribution < -0.4 is 16.0 Å². The molecule has 6 heteroatoms. The highest BCUT2D eigenvalue weighted by Crippen LogP contribution is 2.35. The van der Waals surface area contributed by atoms with E-state index in [0.29, 0.717) is 16.9 Å². The highest BCUT2D eigenvalue weighted by molar-refractivity contribution is 9.10. The monoisotopic (exact) mass is 387 g/mol. The van der Waals surface area contributed by atoms with E-state index in [1.807, 2.05) is 26.8 Å². The van der Waals surface area contributed by atoms with Gasteiger partial charge in [0.1, 0.15) is 11.8 Å². The second-order valence-electron chi connectivity index (χ2n) is 5.56. The van der Waals surface area contributed by atoms with Crippen LogP contribution in [0.1, 0.15) is 35.3 Å². The number of hydrogen-bond donors (Lipinski definition) is 2. The van der Waals surface area contributed by atoms with E-state index < -0.39 is 0 Å². The van der Waals surface area contributed by atoms with E-state index in [0.717, 1.165) is 21.2 Å². The van der Waals surface area contributed by atoms with Gasteiger partial charge in [-0.25, -0.2) is 5.84 Å². The summed E-state index contributed by atoms with van der Waals surface area (Å²) in [6.45, 7) is 5.66. The Morgan fingerprint density at radius 3 is 2.62 bits per heavy atom. The van der Waals surface area contributed by atoms with Gasteiger partial charge in [-0.1, -0.05) is 22.0 Å². The molecule has 2 rings (SSSR count). The standard InChI is InChI=1S/C18H18BrN3O2/c1-10(2)24-16-7-4-12(8-13(16)9-20)17-11(3)14(18(23)22-21)5-6-15(17)19/h4-8,10H,21H2,1-3H3,(H,22,23). The Labute approximate surface area is 149 Å². The van der Waals surface area contributed by atoms with Gasteiger partial charge in [0.15, 0.2) is 0 Å². The van der Waals surface area contributed by atoms with Crippen LogP contribution in [0.3, 0.4) is 0 Å². The molecular formula is C18H18BrN3O2. The van der Waals surface area contributed by atoms with Crippen molar-refractivity contribution in [2.24, 2.45) is 5.84 Å². The summed E-state index contributed by atoms with van der Waals surface area (Å²) >= 11 is 3.52. The van der Waals surface area contributed by atoms with Gasteiger partial charge in [0, 0.05) is 10.0 Å². The molecule has 0 saturated carbocycles. The van der Waals surface area contributed by atoms with Crippen LogP contribution >= 0.6 is 15.9 Å². The summed E-state index contributed by atoms with van der Waals surface area (Å²) in [4.78, 5) is 11.9. The number of halogens is 1. The summed E-state index contributed by atoms with van der Waals surface area (Å²) in [5.41, 5.74) is 5.50. The van der Waals surface area contributed by atoms with Gasteiger partial charge in [0.05, 0.1) is 11.7 Å². The lowest BCUT2D eigenvalue weighted by Crippen LogP contribution is -2.30. The summed E-state index contributed by atoms with van der Waals surface area (Å²) in [5, 5.41) is 9.40. The molecule has 0 radical (unpaired) electrons. The van der Waals surface area contributed by atoms with E-state index in [9.17, 15) is 10.1 Å². The van der Waals surface area contributed by atoms with Gasteiger partial charge in [-0.2, -0.15) is 5.26 Å². The zero-order valence-electron chi connectivity index (χ0n) is 13.7. The van der Waals surface area contributed by atoms with Crippen LogP contribution in [0, 0.1) is 18.3 Å². The Hall–Kier alpha value is -2.36. The van der Waals surface area contributed by atoms with E-state index in [2.05, 4.69) is 27.4 Å². The normalized spacial score (nSPS) is 10.4. The summed E-state index contributed by atoms with van der Waals surface area (Å²) in [6, 6.07) is 11.1. The molecule has 24 heavy (non-hydrogen) atoms. The number of carbonyl (C=O) groups excluding carboxylic acids is 1. The van der Waals surface area contributed by atoms with Gasteiger partial charge in [0.25, 0.3) is 5.91 Å². The second-order valence-corrected chi connectivity index (χ2v) is 6.41. The van der Waals surface area contributed by atoms with Gasteiger partial charge in [-0.05, 0) is 61.7 Å². The van der Waals surface area contributed by atoms with Gasteiger partial charge in [0.2, 0.25) is 0 Å². The number of hydrogen-bond acceptors (Lipinski definition) is 4. The maximum Gasteiger partial charge on any atom is 0.265 e. The predicted molar refractivity (Wildman–Crippen MR) is 96.4 cm³/mol. The van der Waals surface area contributed by atoms with E-state index in [4.69, 9.17) is 10.6 Å². The lowest BCUT2D eigenvalue weighted by molar-refractivity contribution is 0.0953. The van der Waals surface area contributed by atoms with Crippen molar-refractivity contribution in [3.63, 3.8) is 0 Å². The van der Waals surface area contributed by atoms with Crippen molar-refractivity contribution in [2.75, 3.05) is 0 Å². The molecule has 0 aromatic heterocycles. The SMILES string of the molecule is Cc1c(C(=O)NN)ccc(Br)c1-c1ccc(OC(C)C)c(C#N)c1. The number of nitrogen functional groups attached to an aromatic ring is 1. The second kappa shape index (κ2) is 7.47. The Balaban J connectivity index is 2.60. The van der Waals surface area contributed by atoms with Crippen LogP contribution in [0.15, 0.2) is 34.8 Å². The summed E-state index contributed by atoms with van der Waals surface area (Å²) < 4.78 is 6.48. The third-order valence-corrected chi connectivity index (χ3v) is 4.20. The Morgan fingerprint density at radius 2 is 2.04 bits per heavy atom. The Kier molecular flexibility index (Phi) is 5.60. The van der Waals surface area contributed by atoms with Gasteiger partial charge in [-0.3, -0.25) is 10.2 Å². The summed E-state index contributed by atoms with van der Waals surface area (Å²) in [6.07, 6.45) is -0.0204. The minimum absolute atomic E-state index is 0.0204. The van der Waals surface area contributed by atoms with Crippen LogP contribution in [0.4, 0.5) is 0 Å². The quantitative estimate of drug-likeness (QED) is 0.475. The van der Waals surface area contributed by atoms with Crippen molar-refractivity contribution >= 4 is 21.8 Å². The van der Waals surface area contributed by atoms with Crippen LogP contribution in [-0.2, 0) is 0 Å².